The van der Waals surface area contributed by atoms with Crippen molar-refractivity contribution in [3.8, 4) is 0 Å². The lowest BCUT2D eigenvalue weighted by Crippen LogP contribution is -2.57. The number of hydrogen-bond acceptors (Lipinski definition) is 1. The van der Waals surface area contributed by atoms with Crippen LogP contribution in [-0.2, 0) is 0 Å². The minimum absolute atomic E-state index is 0.0919. The third kappa shape index (κ3) is 3.07. The van der Waals surface area contributed by atoms with Crippen molar-refractivity contribution in [1.82, 2.24) is 0 Å². The lowest BCUT2D eigenvalue weighted by molar-refractivity contribution is -0.373. The van der Waals surface area contributed by atoms with Crippen LogP contribution < -0.4 is 0 Å². The van der Waals surface area contributed by atoms with Crippen molar-refractivity contribution in [3.63, 3.8) is 0 Å². The van der Waals surface area contributed by atoms with E-state index in [9.17, 15) is 26.3 Å². The number of allylic oxidation sites excluding steroid dienone is 1. The third-order valence-electron chi connectivity index (χ3n) is 3.91. The molecular formula is C12H16F6O. The van der Waals surface area contributed by atoms with E-state index < -0.39 is 30.3 Å². The van der Waals surface area contributed by atoms with E-state index in [-0.39, 0.29) is 18.3 Å². The van der Waals surface area contributed by atoms with Crippen molar-refractivity contribution in [2.45, 2.75) is 44.1 Å². The molecule has 0 aromatic carbocycles. The van der Waals surface area contributed by atoms with Crippen LogP contribution in [0.1, 0.15) is 26.2 Å². The van der Waals surface area contributed by atoms with Crippen LogP contribution >= 0.6 is 0 Å². The first kappa shape index (κ1) is 16.3. The smallest absolute Gasteiger partial charge is 0.374 e. The maximum Gasteiger partial charge on any atom is 0.426 e. The number of aliphatic hydroxyl groups is 1. The van der Waals surface area contributed by atoms with Crippen molar-refractivity contribution in [1.29, 1.82) is 0 Å². The molecule has 112 valence electrons. The average molecular weight is 290 g/mol. The monoisotopic (exact) mass is 290 g/mol. The summed E-state index contributed by atoms with van der Waals surface area (Å²) in [5.41, 5.74) is -4.63. The van der Waals surface area contributed by atoms with Crippen LogP contribution in [0.5, 0.6) is 0 Å². The van der Waals surface area contributed by atoms with Gasteiger partial charge in [0, 0.05) is 0 Å². The van der Waals surface area contributed by atoms with Gasteiger partial charge >= 0.3 is 12.4 Å². The zero-order valence-electron chi connectivity index (χ0n) is 10.4. The van der Waals surface area contributed by atoms with Gasteiger partial charge in [-0.3, -0.25) is 0 Å². The van der Waals surface area contributed by atoms with Gasteiger partial charge in [-0.1, -0.05) is 13.0 Å². The first-order valence-corrected chi connectivity index (χ1v) is 5.90. The molecule has 3 atom stereocenters. The average Bonchev–Trinajstić information content (AvgIpc) is 2.56. The van der Waals surface area contributed by atoms with Crippen molar-refractivity contribution < 1.29 is 31.4 Å². The Kier molecular flexibility index (Phi) is 4.29. The number of rotatable bonds is 3. The quantitative estimate of drug-likeness (QED) is 0.613. The van der Waals surface area contributed by atoms with E-state index in [1.165, 1.54) is 6.08 Å². The Hall–Kier alpha value is -0.720. The summed E-state index contributed by atoms with van der Waals surface area (Å²) in [7, 11) is 0. The van der Waals surface area contributed by atoms with Crippen LogP contribution in [0.25, 0.3) is 0 Å². The lowest BCUT2D eigenvalue weighted by Gasteiger charge is -2.35. The Labute approximate surface area is 107 Å². The van der Waals surface area contributed by atoms with Gasteiger partial charge in [0.15, 0.2) is 0 Å². The molecule has 0 bridgehead atoms. The summed E-state index contributed by atoms with van der Waals surface area (Å²) < 4.78 is 75.4. The molecule has 1 fully saturated rings. The van der Waals surface area contributed by atoms with Crippen molar-refractivity contribution >= 4 is 0 Å². The van der Waals surface area contributed by atoms with Gasteiger partial charge in [-0.15, -0.1) is 6.58 Å². The van der Waals surface area contributed by atoms with Gasteiger partial charge < -0.3 is 5.11 Å². The van der Waals surface area contributed by atoms with Gasteiger partial charge in [0.2, 0.25) is 0 Å². The van der Waals surface area contributed by atoms with Crippen LogP contribution in [0.2, 0.25) is 0 Å². The molecule has 1 aliphatic rings. The largest absolute Gasteiger partial charge is 0.426 e. The molecule has 0 aromatic rings. The molecule has 1 saturated carbocycles. The molecule has 1 rings (SSSR count). The molecule has 0 heterocycles. The first-order chi connectivity index (χ1) is 8.42. The first-order valence-electron chi connectivity index (χ1n) is 5.90. The molecule has 7 heteroatoms. The molecule has 0 spiro atoms. The summed E-state index contributed by atoms with van der Waals surface area (Å²) in [4.78, 5) is 0. The number of alkyl halides is 6. The van der Waals surface area contributed by atoms with Crippen LogP contribution in [0.4, 0.5) is 26.3 Å². The van der Waals surface area contributed by atoms with E-state index in [4.69, 9.17) is 5.11 Å². The summed E-state index contributed by atoms with van der Waals surface area (Å²) in [6, 6.07) is 0. The van der Waals surface area contributed by atoms with Gasteiger partial charge in [0.25, 0.3) is 5.60 Å². The summed E-state index contributed by atoms with van der Waals surface area (Å²) >= 11 is 0. The van der Waals surface area contributed by atoms with Crippen molar-refractivity contribution in [3.05, 3.63) is 12.7 Å². The van der Waals surface area contributed by atoms with Crippen molar-refractivity contribution in [2.24, 2.45) is 17.8 Å². The maximum absolute atomic E-state index is 12.6. The van der Waals surface area contributed by atoms with Crippen LogP contribution in [-0.4, -0.2) is 23.1 Å². The second-order valence-electron chi connectivity index (χ2n) is 5.26. The summed E-state index contributed by atoms with van der Waals surface area (Å²) in [5.74, 6) is -1.22. The zero-order valence-corrected chi connectivity index (χ0v) is 10.4. The maximum atomic E-state index is 12.6. The summed E-state index contributed by atoms with van der Waals surface area (Å²) in [6.45, 7) is 5.10. The molecule has 0 aromatic heterocycles. The predicted octanol–water partition coefficient (Wildman–Crippen LogP) is 4.08. The van der Waals surface area contributed by atoms with E-state index in [0.717, 1.165) is 0 Å². The second-order valence-corrected chi connectivity index (χ2v) is 5.26. The van der Waals surface area contributed by atoms with Crippen molar-refractivity contribution in [2.75, 3.05) is 0 Å². The fourth-order valence-electron chi connectivity index (χ4n) is 2.64. The molecule has 1 N–H and O–H groups in total. The molecule has 0 saturated heterocycles. The number of hydrogen-bond donors (Lipinski definition) is 1. The van der Waals surface area contributed by atoms with E-state index in [2.05, 4.69) is 6.58 Å². The highest BCUT2D eigenvalue weighted by Crippen LogP contribution is 2.50. The Morgan fingerprint density at radius 3 is 1.89 bits per heavy atom. The molecular weight excluding hydrogens is 274 g/mol. The van der Waals surface area contributed by atoms with E-state index >= 15 is 0 Å². The van der Waals surface area contributed by atoms with Gasteiger partial charge in [-0.25, -0.2) is 0 Å². The van der Waals surface area contributed by atoms with Crippen LogP contribution in [0.3, 0.4) is 0 Å². The highest BCUT2D eigenvalue weighted by molar-refractivity contribution is 4.99. The summed E-state index contributed by atoms with van der Waals surface area (Å²) in [6.07, 6.45) is -10.6. The zero-order chi connectivity index (χ0) is 15.1. The molecule has 0 radical (unpaired) electrons. The van der Waals surface area contributed by atoms with Crippen LogP contribution in [0, 0.1) is 17.8 Å². The highest BCUT2D eigenvalue weighted by atomic mass is 19.4. The van der Waals surface area contributed by atoms with E-state index in [0.29, 0.717) is 6.42 Å². The van der Waals surface area contributed by atoms with Gasteiger partial charge in [0.1, 0.15) is 0 Å². The molecule has 0 amide bonds. The van der Waals surface area contributed by atoms with Crippen LogP contribution in [0.15, 0.2) is 12.7 Å². The molecule has 19 heavy (non-hydrogen) atoms. The molecule has 3 unspecified atom stereocenters. The third-order valence-corrected chi connectivity index (χ3v) is 3.91. The molecule has 1 nitrogen and oxygen atoms in total. The SMILES string of the molecule is C=CC1CC(C)C(CC(O)(C(F)(F)F)C(F)(F)F)C1. The molecule has 0 aliphatic heterocycles. The fourth-order valence-corrected chi connectivity index (χ4v) is 2.64. The second kappa shape index (κ2) is 5.00. The standard InChI is InChI=1S/C12H16F6O/c1-3-8-4-7(2)9(5-8)6-10(19,11(13,14)15)12(16,17)18/h3,7-9,19H,1,4-6H2,2H3. The highest BCUT2D eigenvalue weighted by Gasteiger charge is 2.70. The van der Waals surface area contributed by atoms with Gasteiger partial charge in [0.05, 0.1) is 0 Å². The van der Waals surface area contributed by atoms with E-state index in [1.54, 1.807) is 6.92 Å². The Morgan fingerprint density at radius 1 is 1.11 bits per heavy atom. The Morgan fingerprint density at radius 2 is 1.58 bits per heavy atom. The Bertz CT molecular complexity index is 318. The molecule has 1 aliphatic carbocycles. The number of halogens is 6. The summed E-state index contributed by atoms with van der Waals surface area (Å²) in [5, 5.41) is 9.15. The topological polar surface area (TPSA) is 20.2 Å². The fraction of sp³-hybridized carbons (Fsp3) is 0.833. The minimum Gasteiger partial charge on any atom is -0.374 e. The minimum atomic E-state index is -5.72. The van der Waals surface area contributed by atoms with Gasteiger partial charge in [-0.05, 0) is 37.0 Å². The Balaban J connectivity index is 2.95. The lowest BCUT2D eigenvalue weighted by atomic mass is 9.84. The normalized spacial score (nSPS) is 29.6. The predicted molar refractivity (Wildman–Crippen MR) is 57.3 cm³/mol. The van der Waals surface area contributed by atoms with E-state index in [1.807, 2.05) is 0 Å². The van der Waals surface area contributed by atoms with Gasteiger partial charge in [-0.2, -0.15) is 26.3 Å².